The molecule has 1 aliphatic carbocycles. The van der Waals surface area contributed by atoms with Crippen molar-refractivity contribution in [2.24, 2.45) is 0 Å². The van der Waals surface area contributed by atoms with Crippen molar-refractivity contribution >= 4 is 22.9 Å². The summed E-state index contributed by atoms with van der Waals surface area (Å²) in [6.07, 6.45) is 1.09. The van der Waals surface area contributed by atoms with Crippen LogP contribution >= 0.6 is 11.3 Å². The van der Waals surface area contributed by atoms with Crippen LogP contribution in [0.25, 0.3) is 0 Å². The number of ketones is 1. The summed E-state index contributed by atoms with van der Waals surface area (Å²) in [7, 11) is 4.62. The fourth-order valence-electron chi connectivity index (χ4n) is 4.75. The zero-order chi connectivity index (χ0) is 22.4. The van der Waals surface area contributed by atoms with Crippen molar-refractivity contribution in [2.45, 2.75) is 24.7 Å². The number of carbonyl (C=O) groups is 1. The molecule has 0 saturated carbocycles. The van der Waals surface area contributed by atoms with Gasteiger partial charge in [0.15, 0.2) is 17.3 Å². The number of H-pyrrole nitrogens is 2. The largest absolute Gasteiger partial charge is 0.493 e. The first-order chi connectivity index (χ1) is 15.5. The third kappa shape index (κ3) is 3.12. The fraction of sp³-hybridized carbons (Fsp3) is 0.304. The lowest BCUT2D eigenvalue weighted by Gasteiger charge is -2.34. The highest BCUT2D eigenvalue weighted by molar-refractivity contribution is 7.10. The van der Waals surface area contributed by atoms with Gasteiger partial charge in [-0.2, -0.15) is 0 Å². The van der Waals surface area contributed by atoms with E-state index in [9.17, 15) is 9.59 Å². The first kappa shape index (κ1) is 20.4. The van der Waals surface area contributed by atoms with Gasteiger partial charge >= 0.3 is 0 Å². The summed E-state index contributed by atoms with van der Waals surface area (Å²) in [6, 6.07) is 7.67. The third-order valence-corrected chi connectivity index (χ3v) is 7.18. The number of rotatable bonds is 5. The molecule has 3 heterocycles. The minimum atomic E-state index is -0.554. The SMILES string of the molecule is COc1cc([C@H]2C3=C(C[C@@H](c4cccs4)CC3=O)Nc3[nH][nH]c(=O)c32)cc(OC)c1OC. The molecule has 32 heavy (non-hydrogen) atoms. The average Bonchev–Trinajstić information content (AvgIpc) is 3.47. The molecule has 1 aliphatic heterocycles. The molecule has 0 bridgehead atoms. The van der Waals surface area contributed by atoms with Crippen molar-refractivity contribution < 1.29 is 19.0 Å². The molecule has 0 fully saturated rings. The molecule has 3 N–H and O–H groups in total. The van der Waals surface area contributed by atoms with E-state index >= 15 is 0 Å². The van der Waals surface area contributed by atoms with Gasteiger partial charge in [-0.1, -0.05) is 6.07 Å². The second-order valence-corrected chi connectivity index (χ2v) is 8.80. The highest BCUT2D eigenvalue weighted by Gasteiger charge is 2.41. The highest BCUT2D eigenvalue weighted by Crippen LogP contribution is 2.49. The van der Waals surface area contributed by atoms with Gasteiger partial charge in [-0.05, 0) is 35.6 Å². The minimum absolute atomic E-state index is 0.0298. The zero-order valence-corrected chi connectivity index (χ0v) is 18.7. The van der Waals surface area contributed by atoms with Crippen molar-refractivity contribution in [3.63, 3.8) is 0 Å². The predicted molar refractivity (Wildman–Crippen MR) is 121 cm³/mol. The maximum atomic E-state index is 13.5. The van der Waals surface area contributed by atoms with Crippen LogP contribution in [-0.4, -0.2) is 37.3 Å². The van der Waals surface area contributed by atoms with E-state index in [1.165, 1.54) is 12.0 Å². The molecule has 8 nitrogen and oxygen atoms in total. The van der Waals surface area contributed by atoms with E-state index < -0.39 is 5.92 Å². The molecule has 0 radical (unpaired) electrons. The van der Waals surface area contributed by atoms with Crippen molar-refractivity contribution in [1.29, 1.82) is 0 Å². The molecule has 0 unspecified atom stereocenters. The second-order valence-electron chi connectivity index (χ2n) is 7.82. The number of ether oxygens (including phenoxy) is 3. The maximum Gasteiger partial charge on any atom is 0.270 e. The lowest BCUT2D eigenvalue weighted by Crippen LogP contribution is -2.31. The Bertz CT molecular complexity index is 1250. The van der Waals surface area contributed by atoms with Crippen LogP contribution in [0.2, 0.25) is 0 Å². The molecular weight excluding hydrogens is 430 g/mol. The van der Waals surface area contributed by atoms with Gasteiger partial charge in [0.25, 0.3) is 5.56 Å². The summed E-state index contributed by atoms with van der Waals surface area (Å²) in [4.78, 5) is 27.4. The van der Waals surface area contributed by atoms with Gasteiger partial charge in [-0.3, -0.25) is 19.8 Å². The average molecular weight is 454 g/mol. The molecule has 2 atom stereocenters. The molecule has 166 valence electrons. The number of thiophene rings is 1. The van der Waals surface area contributed by atoms with Crippen LogP contribution in [0.5, 0.6) is 17.2 Å². The van der Waals surface area contributed by atoms with Crippen molar-refractivity contribution in [3.8, 4) is 17.2 Å². The Morgan fingerprint density at radius 1 is 1.00 bits per heavy atom. The summed E-state index contributed by atoms with van der Waals surface area (Å²) >= 11 is 1.66. The number of aromatic nitrogens is 2. The Hall–Kier alpha value is -3.46. The normalized spacial score (nSPS) is 19.8. The molecule has 3 aromatic rings. The monoisotopic (exact) mass is 453 g/mol. The molecule has 2 aliphatic rings. The number of aromatic amines is 2. The number of benzene rings is 1. The molecule has 0 amide bonds. The first-order valence-electron chi connectivity index (χ1n) is 10.2. The summed E-state index contributed by atoms with van der Waals surface area (Å²) in [5.74, 6) is 1.56. The van der Waals surface area contributed by atoms with E-state index in [0.29, 0.717) is 47.0 Å². The Labute approximate surface area is 188 Å². The quantitative estimate of drug-likeness (QED) is 0.543. The van der Waals surface area contributed by atoms with Gasteiger partial charge in [-0.15, -0.1) is 11.3 Å². The number of fused-ring (bicyclic) bond motifs is 1. The number of hydrogen-bond donors (Lipinski definition) is 3. The van der Waals surface area contributed by atoms with E-state index in [1.807, 2.05) is 11.4 Å². The summed E-state index contributed by atoms with van der Waals surface area (Å²) in [5, 5.41) is 10.9. The number of allylic oxidation sites excluding steroid dienone is 2. The third-order valence-electron chi connectivity index (χ3n) is 6.14. The van der Waals surface area contributed by atoms with Crippen LogP contribution in [0.3, 0.4) is 0 Å². The van der Waals surface area contributed by atoms with E-state index in [0.717, 1.165) is 11.3 Å². The summed E-state index contributed by atoms with van der Waals surface area (Å²) in [5.41, 5.74) is 2.38. The smallest absolute Gasteiger partial charge is 0.270 e. The molecule has 9 heteroatoms. The number of Topliss-reactive ketones (excluding diaryl/α,β-unsaturated/α-hetero) is 1. The standard InChI is InChI=1S/C23H23N3O5S/c1-29-15-9-12(10-16(30-2)21(15)31-3)18-19-13(24-22-20(18)23(28)26-25-22)7-11(8-14(19)27)17-5-4-6-32-17/h4-6,9-11,18H,7-8H2,1-3H3,(H3,24,25,26,28)/t11-,18+/m1/s1. The van der Waals surface area contributed by atoms with Crippen LogP contribution in [0.15, 0.2) is 45.7 Å². The van der Waals surface area contributed by atoms with Gasteiger partial charge in [0.05, 0.1) is 26.9 Å². The van der Waals surface area contributed by atoms with Gasteiger partial charge in [-0.25, -0.2) is 0 Å². The second kappa shape index (κ2) is 7.90. The fourth-order valence-corrected chi connectivity index (χ4v) is 5.58. The number of nitrogens with one attached hydrogen (secondary N) is 3. The van der Waals surface area contributed by atoms with Crippen LogP contribution in [0.1, 0.15) is 40.7 Å². The number of carbonyl (C=O) groups excluding carboxylic acids is 1. The van der Waals surface area contributed by atoms with Gasteiger partial charge in [0.1, 0.15) is 5.82 Å². The lowest BCUT2D eigenvalue weighted by atomic mass is 9.74. The Kier molecular flexibility index (Phi) is 5.05. The molecule has 0 spiro atoms. The van der Waals surface area contributed by atoms with Crippen molar-refractivity contribution in [2.75, 3.05) is 26.6 Å². The van der Waals surface area contributed by atoms with Crippen LogP contribution in [0.4, 0.5) is 5.82 Å². The van der Waals surface area contributed by atoms with Crippen molar-refractivity contribution in [1.82, 2.24) is 10.2 Å². The van der Waals surface area contributed by atoms with E-state index in [1.54, 1.807) is 37.7 Å². The Morgan fingerprint density at radius 3 is 2.38 bits per heavy atom. The predicted octanol–water partition coefficient (Wildman–Crippen LogP) is 3.75. The summed E-state index contributed by atoms with van der Waals surface area (Å²) < 4.78 is 16.5. The number of hydrogen-bond acceptors (Lipinski definition) is 7. The van der Waals surface area contributed by atoms with E-state index in [4.69, 9.17) is 14.2 Å². The van der Waals surface area contributed by atoms with Crippen LogP contribution in [-0.2, 0) is 4.79 Å². The number of anilines is 1. The summed E-state index contributed by atoms with van der Waals surface area (Å²) in [6.45, 7) is 0. The molecule has 2 aromatic heterocycles. The Morgan fingerprint density at radius 2 is 1.75 bits per heavy atom. The van der Waals surface area contributed by atoms with Gasteiger partial charge < -0.3 is 19.5 Å². The zero-order valence-electron chi connectivity index (χ0n) is 17.9. The Balaban J connectivity index is 1.69. The van der Waals surface area contributed by atoms with Crippen LogP contribution in [0, 0.1) is 0 Å². The first-order valence-corrected chi connectivity index (χ1v) is 11.1. The molecule has 1 aromatic carbocycles. The van der Waals surface area contributed by atoms with Gasteiger partial charge in [0.2, 0.25) is 5.75 Å². The lowest BCUT2D eigenvalue weighted by molar-refractivity contribution is -0.116. The van der Waals surface area contributed by atoms with Gasteiger partial charge in [0, 0.05) is 34.4 Å². The van der Waals surface area contributed by atoms with E-state index in [2.05, 4.69) is 21.6 Å². The molecule has 0 saturated heterocycles. The highest BCUT2D eigenvalue weighted by atomic mass is 32.1. The van der Waals surface area contributed by atoms with Crippen molar-refractivity contribution in [3.05, 3.63) is 67.3 Å². The maximum absolute atomic E-state index is 13.5. The molecular formula is C23H23N3O5S. The topological polar surface area (TPSA) is 105 Å². The van der Waals surface area contributed by atoms with E-state index in [-0.39, 0.29) is 17.3 Å². The minimum Gasteiger partial charge on any atom is -0.493 e. The van der Waals surface area contributed by atoms with Crippen LogP contribution < -0.4 is 25.1 Å². The number of methoxy groups -OCH3 is 3. The molecule has 5 rings (SSSR count).